The minimum Gasteiger partial charge on any atom is -0.465 e. The highest BCUT2D eigenvalue weighted by atomic mass is 32.2. The van der Waals surface area contributed by atoms with Crippen molar-refractivity contribution in [1.82, 2.24) is 19.8 Å². The Morgan fingerprint density at radius 3 is 2.56 bits per heavy atom. The molecule has 0 saturated carbocycles. The van der Waals surface area contributed by atoms with Crippen molar-refractivity contribution < 1.29 is 27.9 Å². The van der Waals surface area contributed by atoms with Gasteiger partial charge in [0.2, 0.25) is 21.8 Å². The lowest BCUT2D eigenvalue weighted by Crippen LogP contribution is -2.55. The highest BCUT2D eigenvalue weighted by Crippen LogP contribution is 2.22. The van der Waals surface area contributed by atoms with Gasteiger partial charge in [-0.15, -0.1) is 0 Å². The first kappa shape index (κ1) is 24.0. The van der Waals surface area contributed by atoms with Crippen molar-refractivity contribution in [2.24, 2.45) is 0 Å². The molecule has 2 aromatic carbocycles. The molecule has 2 fully saturated rings. The van der Waals surface area contributed by atoms with Crippen LogP contribution in [0.25, 0.3) is 10.8 Å². The van der Waals surface area contributed by atoms with Crippen molar-refractivity contribution in [1.29, 1.82) is 0 Å². The van der Waals surface area contributed by atoms with Crippen LogP contribution >= 0.6 is 0 Å². The monoisotopic (exact) mass is 488 g/mol. The molecule has 182 valence electrons. The zero-order chi connectivity index (χ0) is 24.5. The van der Waals surface area contributed by atoms with Crippen molar-refractivity contribution in [3.63, 3.8) is 0 Å². The number of piperidine rings is 1. The third-order valence-electron chi connectivity index (χ3n) is 6.45. The zero-order valence-electron chi connectivity index (χ0n) is 18.8. The Kier molecular flexibility index (Phi) is 6.76. The fourth-order valence-electron chi connectivity index (χ4n) is 4.65. The molecule has 2 aliphatic rings. The topological polar surface area (TPSA) is 136 Å². The number of carbonyl (C=O) groups is 3. The molecule has 10 nitrogen and oxygen atoms in total. The van der Waals surface area contributed by atoms with Crippen molar-refractivity contribution >= 4 is 38.7 Å². The molecule has 3 atom stereocenters. The van der Waals surface area contributed by atoms with Crippen molar-refractivity contribution in [2.45, 2.75) is 49.2 Å². The molecule has 0 radical (unpaired) electrons. The van der Waals surface area contributed by atoms with Crippen molar-refractivity contribution in [3.8, 4) is 0 Å². The van der Waals surface area contributed by atoms with Gasteiger partial charge in [-0.1, -0.05) is 30.3 Å². The van der Waals surface area contributed by atoms with Crippen LogP contribution in [0.2, 0.25) is 0 Å². The molecule has 3 amide bonds. The normalized spacial score (nSPS) is 22.1. The number of sulfonamides is 1. The second-order valence-electron chi connectivity index (χ2n) is 8.75. The summed E-state index contributed by atoms with van der Waals surface area (Å²) in [5.74, 6) is -0.717. The van der Waals surface area contributed by atoms with E-state index in [1.165, 1.54) is 11.0 Å². The smallest absolute Gasteiger partial charge is 0.404 e. The van der Waals surface area contributed by atoms with E-state index in [1.54, 1.807) is 24.0 Å². The van der Waals surface area contributed by atoms with Crippen LogP contribution in [0.15, 0.2) is 47.4 Å². The summed E-state index contributed by atoms with van der Waals surface area (Å²) in [6, 6.07) is 10.1. The first-order valence-electron chi connectivity index (χ1n) is 11.3. The predicted molar refractivity (Wildman–Crippen MR) is 125 cm³/mol. The Morgan fingerprint density at radius 2 is 1.82 bits per heavy atom. The van der Waals surface area contributed by atoms with Crippen LogP contribution in [-0.2, 0) is 19.6 Å². The van der Waals surface area contributed by atoms with Crippen molar-refractivity contribution in [2.75, 3.05) is 19.6 Å². The highest BCUT2D eigenvalue weighted by molar-refractivity contribution is 7.89. The Hall–Kier alpha value is -3.18. The minimum atomic E-state index is -3.93. The molecule has 0 unspecified atom stereocenters. The summed E-state index contributed by atoms with van der Waals surface area (Å²) in [5, 5.41) is 13.0. The van der Waals surface area contributed by atoms with E-state index < -0.39 is 34.1 Å². The van der Waals surface area contributed by atoms with Gasteiger partial charge in [-0.05, 0) is 49.1 Å². The van der Waals surface area contributed by atoms with Crippen LogP contribution in [-0.4, -0.2) is 79.0 Å². The van der Waals surface area contributed by atoms with E-state index in [4.69, 9.17) is 5.11 Å². The maximum Gasteiger partial charge on any atom is 0.404 e. The average molecular weight is 489 g/mol. The molecular weight excluding hydrogens is 460 g/mol. The van der Waals surface area contributed by atoms with E-state index >= 15 is 0 Å². The number of amides is 3. The van der Waals surface area contributed by atoms with Crippen LogP contribution in [0.4, 0.5) is 4.79 Å². The second kappa shape index (κ2) is 9.59. The fraction of sp³-hybridized carbons (Fsp3) is 0.435. The van der Waals surface area contributed by atoms with E-state index in [1.807, 2.05) is 24.3 Å². The lowest BCUT2D eigenvalue weighted by atomic mass is 10.0. The molecule has 0 aromatic heterocycles. The summed E-state index contributed by atoms with van der Waals surface area (Å²) in [6.07, 6.45) is 0.424. The van der Waals surface area contributed by atoms with E-state index in [-0.39, 0.29) is 36.4 Å². The largest absolute Gasteiger partial charge is 0.465 e. The number of hydrogen-bond donors (Lipinski definition) is 3. The van der Waals surface area contributed by atoms with Crippen LogP contribution < -0.4 is 10.0 Å². The van der Waals surface area contributed by atoms with Gasteiger partial charge in [0, 0.05) is 25.7 Å². The van der Waals surface area contributed by atoms with Gasteiger partial charge in [0.25, 0.3) is 0 Å². The fourth-order valence-corrected chi connectivity index (χ4v) is 5.91. The maximum absolute atomic E-state index is 13.0. The number of hydrogen-bond acceptors (Lipinski definition) is 5. The molecule has 3 N–H and O–H groups in total. The molecule has 4 rings (SSSR count). The van der Waals surface area contributed by atoms with E-state index in [2.05, 4.69) is 10.0 Å². The van der Waals surface area contributed by atoms with Gasteiger partial charge in [-0.3, -0.25) is 9.59 Å². The summed E-state index contributed by atoms with van der Waals surface area (Å²) < 4.78 is 28.4. The molecule has 2 aromatic rings. The molecule has 2 heterocycles. The second-order valence-corrected chi connectivity index (χ2v) is 10.5. The summed E-state index contributed by atoms with van der Waals surface area (Å²) in [4.78, 5) is 40.0. The van der Waals surface area contributed by atoms with E-state index in [9.17, 15) is 22.8 Å². The van der Waals surface area contributed by atoms with Crippen LogP contribution in [0.1, 0.15) is 26.2 Å². The molecule has 11 heteroatoms. The van der Waals surface area contributed by atoms with Gasteiger partial charge in [-0.25, -0.2) is 13.2 Å². The van der Waals surface area contributed by atoms with Gasteiger partial charge >= 0.3 is 6.09 Å². The number of nitrogens with one attached hydrogen (secondary N) is 2. The van der Waals surface area contributed by atoms with Gasteiger partial charge in [-0.2, -0.15) is 4.72 Å². The Balaban J connectivity index is 1.41. The Labute approximate surface area is 198 Å². The highest BCUT2D eigenvalue weighted by Gasteiger charge is 2.40. The number of nitrogens with zero attached hydrogens (tertiary/aromatic N) is 2. The van der Waals surface area contributed by atoms with E-state index in [0.29, 0.717) is 19.4 Å². The lowest BCUT2D eigenvalue weighted by molar-refractivity contribution is -0.144. The number of rotatable bonds is 6. The van der Waals surface area contributed by atoms with Gasteiger partial charge in [0.15, 0.2) is 0 Å². The third kappa shape index (κ3) is 5.00. The van der Waals surface area contributed by atoms with Gasteiger partial charge in [0.1, 0.15) is 12.1 Å². The number of carbonyl (C=O) groups excluding carboxylic acids is 2. The lowest BCUT2D eigenvalue weighted by Gasteiger charge is -2.36. The first-order chi connectivity index (χ1) is 16.2. The number of carboxylic acid groups (broad SMARTS) is 1. The summed E-state index contributed by atoms with van der Waals surface area (Å²) in [5.41, 5.74) is 0. The molecule has 34 heavy (non-hydrogen) atoms. The standard InChI is InChI=1S/C23H28N4O6S/c1-15(21(28)26-11-4-7-18(14-26)24-23(30)31)27-12-10-20(22(27)29)25-34(32,33)19-9-8-16-5-2-3-6-17(16)13-19/h2-3,5-6,8-9,13,15,18,20,24-25H,4,7,10-12,14H2,1H3,(H,30,31)/t15-,18+,20-/m0/s1. The SMILES string of the molecule is C[C@@H](C(=O)N1CCC[C@@H](NC(=O)O)C1)N1CC[C@H](NS(=O)(=O)c2ccc3ccccc3c2)C1=O. The van der Waals surface area contributed by atoms with Crippen LogP contribution in [0.3, 0.4) is 0 Å². The predicted octanol–water partition coefficient (Wildman–Crippen LogP) is 1.37. The van der Waals surface area contributed by atoms with Crippen LogP contribution in [0, 0.1) is 0 Å². The number of likely N-dealkylation sites (tertiary alicyclic amines) is 2. The molecule has 0 spiro atoms. The first-order valence-corrected chi connectivity index (χ1v) is 12.7. The summed E-state index contributed by atoms with van der Waals surface area (Å²) in [7, 11) is -3.93. The summed E-state index contributed by atoms with van der Waals surface area (Å²) in [6.45, 7) is 2.60. The average Bonchev–Trinajstić information content (AvgIpc) is 3.16. The van der Waals surface area contributed by atoms with Gasteiger partial charge < -0.3 is 20.2 Å². The number of fused-ring (bicyclic) bond motifs is 1. The minimum absolute atomic E-state index is 0.0758. The summed E-state index contributed by atoms with van der Waals surface area (Å²) >= 11 is 0. The third-order valence-corrected chi connectivity index (χ3v) is 7.92. The van der Waals surface area contributed by atoms with Gasteiger partial charge in [0.05, 0.1) is 4.90 Å². The quantitative estimate of drug-likeness (QED) is 0.562. The number of benzene rings is 2. The maximum atomic E-state index is 13.0. The zero-order valence-corrected chi connectivity index (χ0v) is 19.6. The Bertz CT molecular complexity index is 1220. The molecule has 0 aliphatic carbocycles. The molecule has 2 aliphatic heterocycles. The van der Waals surface area contributed by atoms with E-state index in [0.717, 1.165) is 10.8 Å². The molecular formula is C23H28N4O6S. The van der Waals surface area contributed by atoms with Crippen LogP contribution in [0.5, 0.6) is 0 Å². The molecule has 2 saturated heterocycles. The molecule has 0 bridgehead atoms. The Morgan fingerprint density at radius 1 is 1.09 bits per heavy atom. The van der Waals surface area contributed by atoms with Crippen molar-refractivity contribution in [3.05, 3.63) is 42.5 Å².